The van der Waals surface area contributed by atoms with Crippen LogP contribution in [0.25, 0.3) is 0 Å². The number of ether oxygens (including phenoxy) is 1. The zero-order valence-corrected chi connectivity index (χ0v) is 8.45. The number of rotatable bonds is 3. The van der Waals surface area contributed by atoms with Gasteiger partial charge < -0.3 is 4.74 Å². The van der Waals surface area contributed by atoms with Crippen molar-refractivity contribution in [2.24, 2.45) is 0 Å². The maximum atomic E-state index is 5.53. The zero-order valence-electron chi connectivity index (χ0n) is 8.45. The highest BCUT2D eigenvalue weighted by Crippen LogP contribution is 2.16. The minimum atomic E-state index is 0.135. The van der Waals surface area contributed by atoms with Crippen LogP contribution in [0, 0.1) is 0 Å². The molecule has 0 fully saturated rings. The summed E-state index contributed by atoms with van der Waals surface area (Å²) in [7, 11) is 0. The van der Waals surface area contributed by atoms with E-state index in [2.05, 4.69) is 19.1 Å². The van der Waals surface area contributed by atoms with Crippen LogP contribution >= 0.6 is 0 Å². The third-order valence-electron chi connectivity index (χ3n) is 1.78. The normalized spacial score (nSPS) is 11.9. The fourth-order valence-electron chi connectivity index (χ4n) is 1.04. The van der Waals surface area contributed by atoms with E-state index in [1.807, 2.05) is 32.0 Å². The van der Waals surface area contributed by atoms with Crippen molar-refractivity contribution < 1.29 is 4.74 Å². The minimum Gasteiger partial charge on any atom is -0.494 e. The topological polar surface area (TPSA) is 9.23 Å². The summed E-state index contributed by atoms with van der Waals surface area (Å²) in [5, 5.41) is 0. The SMILES string of the molecule is CC(C)=COC(C)c1ccccc1. The molecule has 0 bridgehead atoms. The molecule has 1 aromatic rings. The molecule has 0 saturated carbocycles. The van der Waals surface area contributed by atoms with E-state index >= 15 is 0 Å². The lowest BCUT2D eigenvalue weighted by molar-refractivity contribution is 0.162. The van der Waals surface area contributed by atoms with Gasteiger partial charge in [-0.2, -0.15) is 0 Å². The second-order valence-corrected chi connectivity index (χ2v) is 3.38. The van der Waals surface area contributed by atoms with E-state index in [0.29, 0.717) is 0 Å². The summed E-state index contributed by atoms with van der Waals surface area (Å²) in [6, 6.07) is 10.2. The highest BCUT2D eigenvalue weighted by molar-refractivity contribution is 5.17. The van der Waals surface area contributed by atoms with Gasteiger partial charge in [0.25, 0.3) is 0 Å². The standard InChI is InChI=1S/C12H16O/c1-10(2)9-13-11(3)12-7-5-4-6-8-12/h4-9,11H,1-3H3. The Balaban J connectivity index is 2.59. The number of hydrogen-bond donors (Lipinski definition) is 0. The average Bonchev–Trinajstić information content (AvgIpc) is 2.15. The summed E-state index contributed by atoms with van der Waals surface area (Å²) in [4.78, 5) is 0. The second-order valence-electron chi connectivity index (χ2n) is 3.38. The molecule has 0 aromatic heterocycles. The molecule has 0 N–H and O–H groups in total. The Labute approximate surface area is 80.0 Å². The molecule has 0 heterocycles. The highest BCUT2D eigenvalue weighted by Gasteiger charge is 2.01. The smallest absolute Gasteiger partial charge is 0.120 e. The molecule has 13 heavy (non-hydrogen) atoms. The lowest BCUT2D eigenvalue weighted by atomic mass is 10.1. The zero-order chi connectivity index (χ0) is 9.68. The van der Waals surface area contributed by atoms with Gasteiger partial charge in [0.1, 0.15) is 6.10 Å². The minimum absolute atomic E-state index is 0.135. The van der Waals surface area contributed by atoms with E-state index in [0.717, 1.165) is 0 Å². The molecule has 1 atom stereocenters. The molecule has 1 nitrogen and oxygen atoms in total. The molecule has 0 aliphatic carbocycles. The van der Waals surface area contributed by atoms with Gasteiger partial charge in [-0.05, 0) is 31.9 Å². The van der Waals surface area contributed by atoms with E-state index in [9.17, 15) is 0 Å². The highest BCUT2D eigenvalue weighted by atomic mass is 16.5. The summed E-state index contributed by atoms with van der Waals surface area (Å²) in [6.07, 6.45) is 1.94. The quantitative estimate of drug-likeness (QED) is 0.638. The second kappa shape index (κ2) is 4.70. The predicted molar refractivity (Wildman–Crippen MR) is 55.4 cm³/mol. The Kier molecular flexibility index (Phi) is 3.56. The summed E-state index contributed by atoms with van der Waals surface area (Å²) in [6.45, 7) is 6.10. The molecule has 0 radical (unpaired) electrons. The monoisotopic (exact) mass is 176 g/mol. The van der Waals surface area contributed by atoms with E-state index in [1.54, 1.807) is 6.26 Å². The Morgan fingerprint density at radius 1 is 1.23 bits per heavy atom. The first kappa shape index (κ1) is 9.85. The van der Waals surface area contributed by atoms with Gasteiger partial charge in [-0.25, -0.2) is 0 Å². The fraction of sp³-hybridized carbons (Fsp3) is 0.333. The van der Waals surface area contributed by atoms with Crippen LogP contribution in [-0.2, 0) is 4.74 Å². The molecule has 1 heteroatoms. The maximum absolute atomic E-state index is 5.53. The van der Waals surface area contributed by atoms with Crippen molar-refractivity contribution in [3.8, 4) is 0 Å². The van der Waals surface area contributed by atoms with Crippen LogP contribution in [-0.4, -0.2) is 0 Å². The molecule has 70 valence electrons. The molecular formula is C12H16O. The van der Waals surface area contributed by atoms with E-state index in [4.69, 9.17) is 4.74 Å². The maximum Gasteiger partial charge on any atom is 0.120 e. The van der Waals surface area contributed by atoms with Crippen LogP contribution in [0.4, 0.5) is 0 Å². The summed E-state index contributed by atoms with van der Waals surface area (Å²) in [5.41, 5.74) is 2.39. The Morgan fingerprint density at radius 2 is 1.85 bits per heavy atom. The number of hydrogen-bond acceptors (Lipinski definition) is 1. The number of benzene rings is 1. The molecule has 0 saturated heterocycles. The van der Waals surface area contributed by atoms with Crippen molar-refractivity contribution in [3.63, 3.8) is 0 Å². The van der Waals surface area contributed by atoms with Gasteiger partial charge in [0.05, 0.1) is 6.26 Å². The third-order valence-corrected chi connectivity index (χ3v) is 1.78. The molecule has 1 rings (SSSR count). The van der Waals surface area contributed by atoms with Crippen molar-refractivity contribution >= 4 is 0 Å². The molecule has 0 aliphatic heterocycles. The van der Waals surface area contributed by atoms with E-state index < -0.39 is 0 Å². The first-order valence-corrected chi connectivity index (χ1v) is 4.54. The van der Waals surface area contributed by atoms with Crippen molar-refractivity contribution in [2.75, 3.05) is 0 Å². The van der Waals surface area contributed by atoms with Gasteiger partial charge in [0.2, 0.25) is 0 Å². The lowest BCUT2D eigenvalue weighted by Gasteiger charge is -2.11. The average molecular weight is 176 g/mol. The molecule has 1 aromatic carbocycles. The summed E-state index contributed by atoms with van der Waals surface area (Å²) < 4.78 is 5.53. The summed E-state index contributed by atoms with van der Waals surface area (Å²) >= 11 is 0. The van der Waals surface area contributed by atoms with Gasteiger partial charge in [0.15, 0.2) is 0 Å². The fourth-order valence-corrected chi connectivity index (χ4v) is 1.04. The lowest BCUT2D eigenvalue weighted by Crippen LogP contribution is -1.94. The van der Waals surface area contributed by atoms with E-state index in [-0.39, 0.29) is 6.10 Å². The predicted octanol–water partition coefficient (Wildman–Crippen LogP) is 3.69. The largest absolute Gasteiger partial charge is 0.494 e. The molecule has 0 amide bonds. The van der Waals surface area contributed by atoms with Gasteiger partial charge in [0, 0.05) is 0 Å². The van der Waals surface area contributed by atoms with Gasteiger partial charge in [-0.1, -0.05) is 30.3 Å². The van der Waals surface area contributed by atoms with Crippen molar-refractivity contribution in [1.29, 1.82) is 0 Å². The van der Waals surface area contributed by atoms with Crippen LogP contribution in [0.1, 0.15) is 32.4 Å². The van der Waals surface area contributed by atoms with Crippen LogP contribution in [0.2, 0.25) is 0 Å². The van der Waals surface area contributed by atoms with Crippen molar-refractivity contribution in [3.05, 3.63) is 47.7 Å². The van der Waals surface area contributed by atoms with Crippen molar-refractivity contribution in [1.82, 2.24) is 0 Å². The van der Waals surface area contributed by atoms with Crippen LogP contribution in [0.5, 0.6) is 0 Å². The third kappa shape index (κ3) is 3.32. The van der Waals surface area contributed by atoms with Gasteiger partial charge >= 0.3 is 0 Å². The Hall–Kier alpha value is -1.24. The summed E-state index contributed by atoms with van der Waals surface area (Å²) in [5.74, 6) is 0. The Morgan fingerprint density at radius 3 is 2.38 bits per heavy atom. The van der Waals surface area contributed by atoms with Crippen molar-refractivity contribution in [2.45, 2.75) is 26.9 Å². The van der Waals surface area contributed by atoms with Gasteiger partial charge in [-0.15, -0.1) is 0 Å². The van der Waals surface area contributed by atoms with Gasteiger partial charge in [-0.3, -0.25) is 0 Å². The van der Waals surface area contributed by atoms with Crippen LogP contribution in [0.15, 0.2) is 42.2 Å². The molecule has 0 spiro atoms. The first-order chi connectivity index (χ1) is 6.20. The van der Waals surface area contributed by atoms with Crippen LogP contribution < -0.4 is 0 Å². The first-order valence-electron chi connectivity index (χ1n) is 4.54. The molecular weight excluding hydrogens is 160 g/mol. The molecule has 0 aliphatic rings. The Bertz CT molecular complexity index is 270. The van der Waals surface area contributed by atoms with Crippen LogP contribution in [0.3, 0.4) is 0 Å². The molecule has 1 unspecified atom stereocenters. The number of allylic oxidation sites excluding steroid dienone is 1. The van der Waals surface area contributed by atoms with E-state index in [1.165, 1.54) is 11.1 Å².